The van der Waals surface area contributed by atoms with Crippen molar-refractivity contribution in [1.29, 1.82) is 0 Å². The lowest BCUT2D eigenvalue weighted by molar-refractivity contribution is -0.145. The van der Waals surface area contributed by atoms with E-state index in [1.54, 1.807) is 7.11 Å². The van der Waals surface area contributed by atoms with Crippen molar-refractivity contribution >= 4 is 5.97 Å². The molecule has 100 valence electrons. The quantitative estimate of drug-likeness (QED) is 0.594. The third kappa shape index (κ3) is 4.75. The molecule has 18 heavy (non-hydrogen) atoms. The van der Waals surface area contributed by atoms with Gasteiger partial charge >= 0.3 is 5.97 Å². The summed E-state index contributed by atoms with van der Waals surface area (Å²) in [7, 11) is 1.62. The molecule has 0 bridgehead atoms. The zero-order valence-corrected chi connectivity index (χ0v) is 11.0. The van der Waals surface area contributed by atoms with Crippen LogP contribution in [0.4, 0.5) is 0 Å². The molecule has 4 nitrogen and oxygen atoms in total. The molecule has 1 aromatic rings. The van der Waals surface area contributed by atoms with Gasteiger partial charge in [-0.25, -0.2) is 0 Å². The second-order valence-corrected chi connectivity index (χ2v) is 4.18. The molecule has 4 heteroatoms. The Balaban J connectivity index is 2.42. The first kappa shape index (κ1) is 14.5. The van der Waals surface area contributed by atoms with E-state index in [0.29, 0.717) is 13.0 Å². The summed E-state index contributed by atoms with van der Waals surface area (Å²) in [6.07, 6.45) is 2.36. The van der Waals surface area contributed by atoms with Crippen LogP contribution in [0, 0.1) is 0 Å². The number of rotatable bonds is 7. The van der Waals surface area contributed by atoms with Crippen LogP contribution in [0.15, 0.2) is 24.3 Å². The van der Waals surface area contributed by atoms with Crippen LogP contribution < -0.4 is 10.5 Å². The number of carbonyl (C=O) groups is 1. The summed E-state index contributed by atoms with van der Waals surface area (Å²) in [5, 5.41) is 0. The Bertz CT molecular complexity index is 362. The van der Waals surface area contributed by atoms with E-state index in [2.05, 4.69) is 0 Å². The van der Waals surface area contributed by atoms with Gasteiger partial charge in [-0.1, -0.05) is 25.5 Å². The van der Waals surface area contributed by atoms with E-state index in [1.165, 1.54) is 0 Å². The van der Waals surface area contributed by atoms with Crippen molar-refractivity contribution in [2.24, 2.45) is 5.73 Å². The molecule has 0 heterocycles. The Hall–Kier alpha value is -1.55. The molecular weight excluding hydrogens is 230 g/mol. The topological polar surface area (TPSA) is 61.5 Å². The molecule has 0 fully saturated rings. The van der Waals surface area contributed by atoms with Crippen LogP contribution in [-0.4, -0.2) is 25.7 Å². The SMILES string of the molecule is CCCCOC(=O)C(N)Cc1ccc(OC)cc1. The van der Waals surface area contributed by atoms with Gasteiger partial charge in [0.1, 0.15) is 11.8 Å². The molecule has 0 amide bonds. The standard InChI is InChI=1S/C14H21NO3/c1-3-4-9-18-14(16)13(15)10-11-5-7-12(17-2)8-6-11/h5-8,13H,3-4,9-10,15H2,1-2H3. The second kappa shape index (κ2) is 7.71. The van der Waals surface area contributed by atoms with Gasteiger partial charge in [0.25, 0.3) is 0 Å². The van der Waals surface area contributed by atoms with Gasteiger partial charge in [-0.3, -0.25) is 4.79 Å². The van der Waals surface area contributed by atoms with Gasteiger partial charge in [-0.2, -0.15) is 0 Å². The summed E-state index contributed by atoms with van der Waals surface area (Å²) < 4.78 is 10.1. The number of carbonyl (C=O) groups excluding carboxylic acids is 1. The van der Waals surface area contributed by atoms with Crippen molar-refractivity contribution in [1.82, 2.24) is 0 Å². The van der Waals surface area contributed by atoms with Crippen molar-refractivity contribution in [3.63, 3.8) is 0 Å². The van der Waals surface area contributed by atoms with Crippen LogP contribution in [0.2, 0.25) is 0 Å². The first-order valence-electron chi connectivity index (χ1n) is 6.22. The fourth-order valence-electron chi connectivity index (χ4n) is 1.52. The fraction of sp³-hybridized carbons (Fsp3) is 0.500. The molecule has 1 rings (SSSR count). The van der Waals surface area contributed by atoms with Crippen LogP contribution in [-0.2, 0) is 16.0 Å². The van der Waals surface area contributed by atoms with Gasteiger partial charge in [0.05, 0.1) is 13.7 Å². The van der Waals surface area contributed by atoms with E-state index in [-0.39, 0.29) is 5.97 Å². The average Bonchev–Trinajstić information content (AvgIpc) is 2.39. The molecule has 1 atom stereocenters. The molecule has 0 spiro atoms. The molecule has 0 aliphatic rings. The van der Waals surface area contributed by atoms with Crippen molar-refractivity contribution in [2.75, 3.05) is 13.7 Å². The Labute approximate surface area is 108 Å². The van der Waals surface area contributed by atoms with E-state index in [9.17, 15) is 4.79 Å². The molecule has 0 aliphatic heterocycles. The van der Waals surface area contributed by atoms with Crippen molar-refractivity contribution in [3.05, 3.63) is 29.8 Å². The van der Waals surface area contributed by atoms with Crippen LogP contribution in [0.25, 0.3) is 0 Å². The molecule has 0 saturated heterocycles. The Morgan fingerprint density at radius 1 is 1.33 bits per heavy atom. The highest BCUT2D eigenvalue weighted by Crippen LogP contribution is 2.12. The second-order valence-electron chi connectivity index (χ2n) is 4.18. The van der Waals surface area contributed by atoms with Crippen LogP contribution in [0.1, 0.15) is 25.3 Å². The maximum Gasteiger partial charge on any atom is 0.323 e. The lowest BCUT2D eigenvalue weighted by atomic mass is 10.1. The number of methoxy groups -OCH3 is 1. The maximum atomic E-state index is 11.6. The van der Waals surface area contributed by atoms with Crippen LogP contribution >= 0.6 is 0 Å². The van der Waals surface area contributed by atoms with Crippen LogP contribution in [0.3, 0.4) is 0 Å². The highest BCUT2D eigenvalue weighted by Gasteiger charge is 2.15. The molecule has 0 radical (unpaired) electrons. The third-order valence-electron chi connectivity index (χ3n) is 2.66. The van der Waals surface area contributed by atoms with Gasteiger partial charge in [-0.05, 0) is 30.5 Å². The number of esters is 1. The maximum absolute atomic E-state index is 11.6. The zero-order chi connectivity index (χ0) is 13.4. The van der Waals surface area contributed by atoms with Gasteiger partial charge in [-0.15, -0.1) is 0 Å². The number of hydrogen-bond acceptors (Lipinski definition) is 4. The summed E-state index contributed by atoms with van der Waals surface area (Å²) in [4.78, 5) is 11.6. The summed E-state index contributed by atoms with van der Waals surface area (Å²) in [6, 6.07) is 6.90. The number of benzene rings is 1. The minimum atomic E-state index is -0.602. The van der Waals surface area contributed by atoms with Crippen LogP contribution in [0.5, 0.6) is 5.75 Å². The zero-order valence-electron chi connectivity index (χ0n) is 11.0. The van der Waals surface area contributed by atoms with Crippen molar-refractivity contribution < 1.29 is 14.3 Å². The van der Waals surface area contributed by atoms with Gasteiger partial charge < -0.3 is 15.2 Å². The lowest BCUT2D eigenvalue weighted by Crippen LogP contribution is -2.34. The lowest BCUT2D eigenvalue weighted by Gasteiger charge is -2.11. The normalized spacial score (nSPS) is 11.9. The highest BCUT2D eigenvalue weighted by atomic mass is 16.5. The summed E-state index contributed by atoms with van der Waals surface area (Å²) in [5.41, 5.74) is 6.79. The average molecular weight is 251 g/mol. The molecular formula is C14H21NO3. The Morgan fingerprint density at radius 3 is 2.56 bits per heavy atom. The molecule has 0 aromatic heterocycles. The van der Waals surface area contributed by atoms with E-state index in [4.69, 9.17) is 15.2 Å². The predicted molar refractivity (Wildman–Crippen MR) is 70.5 cm³/mol. The van der Waals surface area contributed by atoms with E-state index >= 15 is 0 Å². The van der Waals surface area contributed by atoms with E-state index < -0.39 is 6.04 Å². The monoisotopic (exact) mass is 251 g/mol. The number of hydrogen-bond donors (Lipinski definition) is 1. The summed E-state index contributed by atoms with van der Waals surface area (Å²) in [5.74, 6) is 0.456. The van der Waals surface area contributed by atoms with Crippen molar-refractivity contribution in [3.8, 4) is 5.75 Å². The molecule has 2 N–H and O–H groups in total. The Kier molecular flexibility index (Phi) is 6.22. The first-order valence-corrected chi connectivity index (χ1v) is 6.22. The summed E-state index contributed by atoms with van der Waals surface area (Å²) in [6.45, 7) is 2.50. The number of nitrogens with two attached hydrogens (primary N) is 1. The first-order chi connectivity index (χ1) is 8.67. The van der Waals surface area contributed by atoms with E-state index in [1.807, 2.05) is 31.2 Å². The fourth-order valence-corrected chi connectivity index (χ4v) is 1.52. The largest absolute Gasteiger partial charge is 0.497 e. The minimum absolute atomic E-state index is 0.334. The minimum Gasteiger partial charge on any atom is -0.497 e. The molecule has 0 saturated carbocycles. The van der Waals surface area contributed by atoms with Crippen molar-refractivity contribution in [2.45, 2.75) is 32.2 Å². The molecule has 1 aromatic carbocycles. The number of ether oxygens (including phenoxy) is 2. The van der Waals surface area contributed by atoms with Gasteiger partial charge in [0.2, 0.25) is 0 Å². The summed E-state index contributed by atoms with van der Waals surface area (Å²) >= 11 is 0. The van der Waals surface area contributed by atoms with Gasteiger partial charge in [0.15, 0.2) is 0 Å². The molecule has 1 unspecified atom stereocenters. The Morgan fingerprint density at radius 2 is 2.00 bits per heavy atom. The smallest absolute Gasteiger partial charge is 0.323 e. The van der Waals surface area contributed by atoms with E-state index in [0.717, 1.165) is 24.2 Å². The molecule has 0 aliphatic carbocycles. The predicted octanol–water partition coefficient (Wildman–Crippen LogP) is 1.91. The highest BCUT2D eigenvalue weighted by molar-refractivity contribution is 5.75. The number of unbranched alkanes of at least 4 members (excludes halogenated alkanes) is 1. The van der Waals surface area contributed by atoms with Gasteiger partial charge in [0, 0.05) is 0 Å². The third-order valence-corrected chi connectivity index (χ3v) is 2.66.